The number of hydrogen-bond donors (Lipinski definition) is 1. The summed E-state index contributed by atoms with van der Waals surface area (Å²) >= 11 is 3.47. The number of nitrogens with zero attached hydrogens (tertiary/aromatic N) is 3. The monoisotopic (exact) mass is 334 g/mol. The Hall–Kier alpha value is -1.20. The Balaban J connectivity index is 1.54. The number of fused-ring (bicyclic) bond motifs is 1. The van der Waals surface area contributed by atoms with E-state index in [4.69, 9.17) is 0 Å². The number of hydrogen-bond acceptors (Lipinski definition) is 3. The molecule has 2 atom stereocenters. The van der Waals surface area contributed by atoms with E-state index in [-0.39, 0.29) is 0 Å². The lowest BCUT2D eigenvalue weighted by Gasteiger charge is -2.27. The summed E-state index contributed by atoms with van der Waals surface area (Å²) in [4.78, 5) is 4.27. The molecular weight excluding hydrogens is 316 g/mol. The van der Waals surface area contributed by atoms with Crippen molar-refractivity contribution in [2.24, 2.45) is 0 Å². The Kier molecular flexibility index (Phi) is 4.17. The zero-order chi connectivity index (χ0) is 13.9. The smallest absolute Gasteiger partial charge is 0.138 e. The minimum atomic E-state index is 0.464. The number of halogens is 1. The first-order valence-corrected chi connectivity index (χ1v) is 7.87. The van der Waals surface area contributed by atoms with E-state index >= 15 is 0 Å². The third kappa shape index (κ3) is 3.27. The summed E-state index contributed by atoms with van der Waals surface area (Å²) < 4.78 is 3.15. The van der Waals surface area contributed by atoms with Gasteiger partial charge in [-0.2, -0.15) is 5.10 Å². The van der Waals surface area contributed by atoms with Crippen LogP contribution in [0.5, 0.6) is 0 Å². The van der Waals surface area contributed by atoms with Crippen molar-refractivity contribution in [1.29, 1.82) is 0 Å². The van der Waals surface area contributed by atoms with Crippen LogP contribution in [-0.2, 0) is 19.4 Å². The van der Waals surface area contributed by atoms with E-state index in [1.807, 2.05) is 4.68 Å². The van der Waals surface area contributed by atoms with E-state index in [1.54, 1.807) is 6.33 Å². The van der Waals surface area contributed by atoms with Gasteiger partial charge in [0.25, 0.3) is 0 Å². The highest BCUT2D eigenvalue weighted by molar-refractivity contribution is 9.10. The van der Waals surface area contributed by atoms with Crippen LogP contribution in [-0.4, -0.2) is 26.8 Å². The van der Waals surface area contributed by atoms with Gasteiger partial charge in [-0.25, -0.2) is 9.67 Å². The van der Waals surface area contributed by atoms with Crippen molar-refractivity contribution in [1.82, 2.24) is 20.1 Å². The van der Waals surface area contributed by atoms with Crippen molar-refractivity contribution >= 4 is 15.9 Å². The molecule has 0 aliphatic carbocycles. The van der Waals surface area contributed by atoms with Crippen LogP contribution in [0, 0.1) is 0 Å². The van der Waals surface area contributed by atoms with Gasteiger partial charge in [0, 0.05) is 23.0 Å². The lowest BCUT2D eigenvalue weighted by Crippen LogP contribution is -2.43. The fourth-order valence-corrected chi connectivity index (χ4v) is 3.07. The maximum atomic E-state index is 4.27. The highest BCUT2D eigenvalue weighted by Crippen LogP contribution is 2.14. The van der Waals surface area contributed by atoms with Crippen molar-refractivity contribution in [2.75, 3.05) is 0 Å². The van der Waals surface area contributed by atoms with Gasteiger partial charge in [0.1, 0.15) is 12.2 Å². The minimum absolute atomic E-state index is 0.464. The average molecular weight is 335 g/mol. The molecule has 0 fully saturated rings. The Morgan fingerprint density at radius 3 is 3.00 bits per heavy atom. The van der Waals surface area contributed by atoms with Crippen LogP contribution in [0.2, 0.25) is 0 Å². The number of aromatic nitrogens is 3. The molecule has 5 heteroatoms. The Labute approximate surface area is 127 Å². The first-order valence-electron chi connectivity index (χ1n) is 7.08. The predicted octanol–water partition coefficient (Wildman–Crippen LogP) is 2.58. The second kappa shape index (κ2) is 6.06. The van der Waals surface area contributed by atoms with Gasteiger partial charge in [-0.1, -0.05) is 28.1 Å². The Morgan fingerprint density at radius 1 is 1.40 bits per heavy atom. The average Bonchev–Trinajstić information content (AvgIpc) is 2.89. The highest BCUT2D eigenvalue weighted by atomic mass is 79.9. The maximum absolute atomic E-state index is 4.27. The topological polar surface area (TPSA) is 42.7 Å². The Bertz CT molecular complexity index is 564. The summed E-state index contributed by atoms with van der Waals surface area (Å²) in [6.45, 7) is 3.18. The van der Waals surface area contributed by atoms with Gasteiger partial charge in [-0.15, -0.1) is 0 Å². The van der Waals surface area contributed by atoms with E-state index in [1.165, 1.54) is 5.56 Å². The van der Waals surface area contributed by atoms with E-state index < -0.39 is 0 Å². The summed E-state index contributed by atoms with van der Waals surface area (Å²) in [6.07, 6.45) is 4.86. The molecule has 0 spiro atoms. The van der Waals surface area contributed by atoms with Crippen molar-refractivity contribution in [3.8, 4) is 0 Å². The molecule has 1 aliphatic rings. The molecule has 0 radical (unpaired) electrons. The third-order valence-electron chi connectivity index (χ3n) is 3.78. The van der Waals surface area contributed by atoms with E-state index in [0.717, 1.165) is 36.1 Å². The van der Waals surface area contributed by atoms with Crippen molar-refractivity contribution in [3.05, 3.63) is 46.5 Å². The highest BCUT2D eigenvalue weighted by Gasteiger charge is 2.20. The number of aryl methyl sites for hydroxylation is 1. The lowest BCUT2D eigenvalue weighted by molar-refractivity contribution is 0.331. The first kappa shape index (κ1) is 13.8. The van der Waals surface area contributed by atoms with Crippen LogP contribution in [0.3, 0.4) is 0 Å². The van der Waals surface area contributed by atoms with Gasteiger partial charge in [0.05, 0.1) is 6.54 Å². The van der Waals surface area contributed by atoms with Crippen LogP contribution >= 0.6 is 15.9 Å². The van der Waals surface area contributed by atoms with Gasteiger partial charge in [-0.3, -0.25) is 0 Å². The van der Waals surface area contributed by atoms with Gasteiger partial charge in [0.15, 0.2) is 0 Å². The fourth-order valence-electron chi connectivity index (χ4n) is 2.81. The fraction of sp³-hybridized carbons (Fsp3) is 0.467. The minimum Gasteiger partial charge on any atom is -0.309 e. The quantitative estimate of drug-likeness (QED) is 0.934. The number of benzene rings is 1. The van der Waals surface area contributed by atoms with Crippen molar-refractivity contribution < 1.29 is 0 Å². The second-order valence-corrected chi connectivity index (χ2v) is 6.41. The number of nitrogens with one attached hydrogen (secondary N) is 1. The van der Waals surface area contributed by atoms with Crippen molar-refractivity contribution in [2.45, 2.75) is 44.8 Å². The molecule has 3 rings (SSSR count). The summed E-state index contributed by atoms with van der Waals surface area (Å²) in [6, 6.07) is 9.52. The molecule has 4 nitrogen and oxygen atoms in total. The zero-order valence-electron chi connectivity index (χ0n) is 11.6. The molecule has 1 aromatic carbocycles. The van der Waals surface area contributed by atoms with Crippen molar-refractivity contribution in [3.63, 3.8) is 0 Å². The molecule has 20 heavy (non-hydrogen) atoms. The van der Waals surface area contributed by atoms with Gasteiger partial charge >= 0.3 is 0 Å². The van der Waals surface area contributed by atoms with Gasteiger partial charge < -0.3 is 5.32 Å². The second-order valence-electron chi connectivity index (χ2n) is 5.49. The summed E-state index contributed by atoms with van der Waals surface area (Å²) in [7, 11) is 0. The van der Waals surface area contributed by atoms with E-state index in [9.17, 15) is 0 Å². The third-order valence-corrected chi connectivity index (χ3v) is 4.31. The maximum Gasteiger partial charge on any atom is 0.138 e. The molecule has 0 saturated carbocycles. The zero-order valence-corrected chi connectivity index (χ0v) is 13.2. The van der Waals surface area contributed by atoms with Crippen LogP contribution in [0.4, 0.5) is 0 Å². The molecule has 0 unspecified atom stereocenters. The molecule has 0 saturated heterocycles. The molecule has 0 bridgehead atoms. The largest absolute Gasteiger partial charge is 0.309 e. The van der Waals surface area contributed by atoms with Crippen LogP contribution in [0.15, 0.2) is 35.1 Å². The van der Waals surface area contributed by atoms with E-state index in [0.29, 0.717) is 12.1 Å². The summed E-state index contributed by atoms with van der Waals surface area (Å²) in [5.74, 6) is 1.11. The predicted molar refractivity (Wildman–Crippen MR) is 82.6 cm³/mol. The SMILES string of the molecule is C[C@@H](Cc1ccc(Br)cc1)N[C@H]1CCc2ncnn2C1. The molecule has 1 aromatic heterocycles. The molecule has 2 heterocycles. The van der Waals surface area contributed by atoms with E-state index in [2.05, 4.69) is 62.5 Å². The Morgan fingerprint density at radius 2 is 2.20 bits per heavy atom. The summed E-state index contributed by atoms with van der Waals surface area (Å²) in [5, 5.41) is 7.98. The first-order chi connectivity index (χ1) is 9.70. The normalized spacial score (nSPS) is 19.6. The van der Waals surface area contributed by atoms with Crippen LogP contribution < -0.4 is 5.32 Å². The van der Waals surface area contributed by atoms with Gasteiger partial charge in [-0.05, 0) is 37.5 Å². The van der Waals surface area contributed by atoms with Gasteiger partial charge in [0.2, 0.25) is 0 Å². The number of rotatable bonds is 4. The molecular formula is C15H19BrN4. The standard InChI is InChI=1S/C15H19BrN4/c1-11(8-12-2-4-13(16)5-3-12)19-14-6-7-15-17-10-18-20(15)9-14/h2-5,10-11,14,19H,6-9H2,1H3/t11-,14-/m0/s1. The molecule has 1 aliphatic heterocycles. The summed E-state index contributed by atoms with van der Waals surface area (Å²) in [5.41, 5.74) is 1.37. The van der Waals surface area contributed by atoms with Crippen LogP contribution in [0.25, 0.3) is 0 Å². The van der Waals surface area contributed by atoms with Crippen LogP contribution in [0.1, 0.15) is 24.7 Å². The molecule has 0 amide bonds. The lowest BCUT2D eigenvalue weighted by atomic mass is 10.0. The molecule has 1 N–H and O–H groups in total. The molecule has 106 valence electrons. The molecule has 2 aromatic rings.